The fourth-order valence-corrected chi connectivity index (χ4v) is 3.86. The van der Waals surface area contributed by atoms with Crippen molar-refractivity contribution < 1.29 is 19.1 Å². The lowest BCUT2D eigenvalue weighted by Gasteiger charge is -2.28. The van der Waals surface area contributed by atoms with E-state index in [9.17, 15) is 19.1 Å². The molecule has 2 heterocycles. The summed E-state index contributed by atoms with van der Waals surface area (Å²) in [6.07, 6.45) is 2.51. The summed E-state index contributed by atoms with van der Waals surface area (Å²) in [4.78, 5) is 31.2. The van der Waals surface area contributed by atoms with E-state index in [1.165, 1.54) is 11.1 Å². The van der Waals surface area contributed by atoms with E-state index < -0.39 is 40.7 Å². The molecular formula is C18H18ClFN4O3. The molecule has 1 saturated heterocycles. The molecule has 0 bridgehead atoms. The van der Waals surface area contributed by atoms with Gasteiger partial charge in [-0.1, -0.05) is 11.6 Å². The van der Waals surface area contributed by atoms with Crippen molar-refractivity contribution in [3.05, 3.63) is 28.8 Å². The minimum Gasteiger partial charge on any atom is -0.391 e. The predicted molar refractivity (Wildman–Crippen MR) is 92.0 cm³/mol. The first kappa shape index (κ1) is 18.1. The van der Waals surface area contributed by atoms with Crippen LogP contribution in [-0.4, -0.2) is 51.0 Å². The number of nitrogens with one attached hydrogen (secondary N) is 1. The standard InChI is InChI=1S/C18H18ClFN4O3/c19-10-5-12(20)14(22-7-10)18(3-4-18)16(27)24-8-11(25)6-13(24)15(26)23-17(9-21)1-2-17/h5,7,11,13,25H,1-4,6,8H2,(H,23,26)/t11-,13-/m0/s1. The fraction of sp³-hybridized carbons (Fsp3) is 0.556. The molecule has 1 aromatic heterocycles. The van der Waals surface area contributed by atoms with Gasteiger partial charge >= 0.3 is 0 Å². The average molecular weight is 393 g/mol. The molecule has 4 rings (SSSR count). The van der Waals surface area contributed by atoms with Gasteiger partial charge in [0.1, 0.15) is 17.4 Å². The van der Waals surface area contributed by atoms with Crippen LogP contribution >= 0.6 is 11.6 Å². The number of carbonyl (C=O) groups excluding carboxylic acids is 2. The van der Waals surface area contributed by atoms with E-state index in [2.05, 4.69) is 16.4 Å². The Morgan fingerprint density at radius 2 is 2.11 bits per heavy atom. The summed E-state index contributed by atoms with van der Waals surface area (Å²) < 4.78 is 14.4. The van der Waals surface area contributed by atoms with Crippen molar-refractivity contribution in [3.63, 3.8) is 0 Å². The molecular weight excluding hydrogens is 375 g/mol. The van der Waals surface area contributed by atoms with Gasteiger partial charge in [0.2, 0.25) is 11.8 Å². The summed E-state index contributed by atoms with van der Waals surface area (Å²) >= 11 is 5.75. The van der Waals surface area contributed by atoms with E-state index in [1.54, 1.807) is 0 Å². The molecule has 2 saturated carbocycles. The second kappa shape index (κ2) is 6.14. The Morgan fingerprint density at radius 3 is 2.67 bits per heavy atom. The van der Waals surface area contributed by atoms with Crippen molar-refractivity contribution in [1.82, 2.24) is 15.2 Å². The van der Waals surface area contributed by atoms with Crippen LogP contribution in [0.2, 0.25) is 5.02 Å². The number of aliphatic hydroxyl groups excluding tert-OH is 1. The van der Waals surface area contributed by atoms with Gasteiger partial charge in [0, 0.05) is 19.2 Å². The summed E-state index contributed by atoms with van der Waals surface area (Å²) in [7, 11) is 0. The summed E-state index contributed by atoms with van der Waals surface area (Å²) in [5, 5.41) is 22.0. The third-order valence-corrected chi connectivity index (χ3v) is 5.80. The van der Waals surface area contributed by atoms with Crippen molar-refractivity contribution in [2.75, 3.05) is 6.54 Å². The predicted octanol–water partition coefficient (Wildman–Crippen LogP) is 1.04. The van der Waals surface area contributed by atoms with E-state index >= 15 is 0 Å². The first-order chi connectivity index (χ1) is 12.8. The molecule has 1 aromatic rings. The number of pyridine rings is 1. The van der Waals surface area contributed by atoms with Crippen molar-refractivity contribution in [2.45, 2.75) is 55.2 Å². The highest BCUT2D eigenvalue weighted by atomic mass is 35.5. The minimum absolute atomic E-state index is 0.00652. The smallest absolute Gasteiger partial charge is 0.244 e. The summed E-state index contributed by atoms with van der Waals surface area (Å²) in [6, 6.07) is 2.31. The number of rotatable bonds is 4. The van der Waals surface area contributed by atoms with E-state index in [0.29, 0.717) is 25.7 Å². The highest BCUT2D eigenvalue weighted by Gasteiger charge is 2.58. The first-order valence-electron chi connectivity index (χ1n) is 8.84. The number of likely N-dealkylation sites (tertiary alicyclic amines) is 1. The Morgan fingerprint density at radius 1 is 1.41 bits per heavy atom. The molecule has 0 radical (unpaired) electrons. The van der Waals surface area contributed by atoms with Crippen molar-refractivity contribution in [1.29, 1.82) is 5.26 Å². The van der Waals surface area contributed by atoms with Crippen LogP contribution in [0.1, 0.15) is 37.8 Å². The lowest BCUT2D eigenvalue weighted by Crippen LogP contribution is -2.51. The summed E-state index contributed by atoms with van der Waals surface area (Å²) in [5.41, 5.74) is -1.96. The zero-order valence-electron chi connectivity index (χ0n) is 14.4. The van der Waals surface area contributed by atoms with E-state index in [4.69, 9.17) is 16.9 Å². The van der Waals surface area contributed by atoms with Crippen LogP contribution in [0.3, 0.4) is 0 Å². The van der Waals surface area contributed by atoms with E-state index in [-0.39, 0.29) is 23.7 Å². The number of carbonyl (C=O) groups is 2. The number of halogens is 2. The largest absolute Gasteiger partial charge is 0.391 e. The Hall–Kier alpha value is -2.24. The second-order valence-electron chi connectivity index (χ2n) is 7.61. The number of hydrogen-bond donors (Lipinski definition) is 2. The van der Waals surface area contributed by atoms with Gasteiger partial charge < -0.3 is 15.3 Å². The number of aromatic nitrogens is 1. The average Bonchev–Trinajstić information content (AvgIpc) is 3.53. The molecule has 0 aromatic carbocycles. The van der Waals surface area contributed by atoms with Gasteiger partial charge in [0.25, 0.3) is 0 Å². The van der Waals surface area contributed by atoms with Crippen LogP contribution < -0.4 is 5.32 Å². The maximum atomic E-state index is 14.4. The highest BCUT2D eigenvalue weighted by Crippen LogP contribution is 2.50. The number of hydrogen-bond acceptors (Lipinski definition) is 5. The third-order valence-electron chi connectivity index (χ3n) is 5.59. The van der Waals surface area contributed by atoms with Gasteiger partial charge in [0.15, 0.2) is 0 Å². The fourth-order valence-electron chi connectivity index (χ4n) is 3.71. The molecule has 27 heavy (non-hydrogen) atoms. The maximum Gasteiger partial charge on any atom is 0.244 e. The zero-order valence-corrected chi connectivity index (χ0v) is 15.2. The monoisotopic (exact) mass is 392 g/mol. The summed E-state index contributed by atoms with van der Waals surface area (Å²) in [6.45, 7) is -0.00652. The second-order valence-corrected chi connectivity index (χ2v) is 8.05. The highest BCUT2D eigenvalue weighted by molar-refractivity contribution is 6.30. The van der Waals surface area contributed by atoms with Crippen LogP contribution in [0.5, 0.6) is 0 Å². The molecule has 3 aliphatic rings. The van der Waals surface area contributed by atoms with Gasteiger partial charge in [-0.05, 0) is 31.7 Å². The number of amides is 2. The first-order valence-corrected chi connectivity index (χ1v) is 9.22. The normalized spacial score (nSPS) is 27.0. The van der Waals surface area contributed by atoms with Gasteiger partial charge in [-0.15, -0.1) is 0 Å². The Kier molecular flexibility index (Phi) is 4.13. The lowest BCUT2D eigenvalue weighted by molar-refractivity contribution is -0.140. The Labute approximate surface area is 160 Å². The van der Waals surface area contributed by atoms with Crippen LogP contribution in [0, 0.1) is 17.1 Å². The molecule has 0 spiro atoms. The Balaban J connectivity index is 1.58. The number of aliphatic hydroxyl groups is 1. The number of nitriles is 1. The molecule has 7 nitrogen and oxygen atoms in total. The van der Waals surface area contributed by atoms with Crippen LogP contribution in [-0.2, 0) is 15.0 Å². The summed E-state index contributed by atoms with van der Waals surface area (Å²) in [5.74, 6) is -1.54. The van der Waals surface area contributed by atoms with Crippen molar-refractivity contribution in [3.8, 4) is 6.07 Å². The third kappa shape index (κ3) is 3.05. The minimum atomic E-state index is -1.12. The van der Waals surface area contributed by atoms with Crippen LogP contribution in [0.25, 0.3) is 0 Å². The molecule has 2 aliphatic carbocycles. The van der Waals surface area contributed by atoms with Gasteiger partial charge in [-0.25, -0.2) is 4.39 Å². The molecule has 2 N–H and O–H groups in total. The SMILES string of the molecule is N#CC1(NC(=O)[C@@H]2C[C@H](O)CN2C(=O)C2(c3ncc(Cl)cc3F)CC2)CC1. The maximum absolute atomic E-state index is 14.4. The van der Waals surface area contributed by atoms with Gasteiger partial charge in [-0.3, -0.25) is 14.6 Å². The number of β-amino-alcohol motifs (C(OH)–C–C–N with tert-alkyl or cyclic N) is 1. The molecule has 3 fully saturated rings. The van der Waals surface area contributed by atoms with E-state index in [1.807, 2.05) is 0 Å². The molecule has 2 amide bonds. The van der Waals surface area contributed by atoms with Crippen LogP contribution in [0.15, 0.2) is 12.3 Å². The molecule has 2 atom stereocenters. The van der Waals surface area contributed by atoms with Gasteiger partial charge in [0.05, 0.1) is 28.3 Å². The molecule has 142 valence electrons. The van der Waals surface area contributed by atoms with Crippen molar-refractivity contribution in [2.24, 2.45) is 0 Å². The zero-order chi connectivity index (χ0) is 19.4. The number of nitrogens with zero attached hydrogens (tertiary/aromatic N) is 3. The lowest BCUT2D eigenvalue weighted by atomic mass is 9.98. The Bertz CT molecular complexity index is 863. The van der Waals surface area contributed by atoms with Gasteiger partial charge in [-0.2, -0.15) is 5.26 Å². The van der Waals surface area contributed by atoms with Crippen molar-refractivity contribution >= 4 is 23.4 Å². The topological polar surface area (TPSA) is 106 Å². The molecule has 9 heteroatoms. The molecule has 0 unspecified atom stereocenters. The quantitative estimate of drug-likeness (QED) is 0.796. The molecule has 1 aliphatic heterocycles. The van der Waals surface area contributed by atoms with E-state index in [0.717, 1.165) is 6.07 Å². The van der Waals surface area contributed by atoms with Crippen LogP contribution in [0.4, 0.5) is 4.39 Å².